The number of hydrogen-bond acceptors (Lipinski definition) is 13. The van der Waals surface area contributed by atoms with Gasteiger partial charge in [-0.1, -0.05) is 6.07 Å². The predicted molar refractivity (Wildman–Crippen MR) is 165 cm³/mol. The fourth-order valence-corrected chi connectivity index (χ4v) is 5.37. The second kappa shape index (κ2) is 12.1. The molecule has 0 radical (unpaired) electrons. The number of nitrogens with zero attached hydrogens (tertiary/aromatic N) is 10. The molecule has 0 saturated carbocycles. The molecule has 0 aliphatic carbocycles. The minimum atomic E-state index is -0.788. The van der Waals surface area contributed by atoms with Gasteiger partial charge in [-0.15, -0.1) is 10.2 Å². The van der Waals surface area contributed by atoms with Crippen LogP contribution in [0.1, 0.15) is 56.6 Å². The summed E-state index contributed by atoms with van der Waals surface area (Å²) in [6.45, 7) is 6.28. The van der Waals surface area contributed by atoms with Gasteiger partial charge in [0.15, 0.2) is 22.9 Å². The average molecular weight is 611 g/mol. The number of anilines is 4. The molecule has 5 heterocycles. The maximum absolute atomic E-state index is 9.84. The van der Waals surface area contributed by atoms with Crippen molar-refractivity contribution in [2.24, 2.45) is 7.05 Å². The highest BCUT2D eigenvalue weighted by Crippen LogP contribution is 2.39. The van der Waals surface area contributed by atoms with E-state index in [9.17, 15) is 5.26 Å². The number of aryl methyl sites for hydroxylation is 2. The predicted octanol–water partition coefficient (Wildman–Crippen LogP) is 4.67. The first-order valence-electron chi connectivity index (χ1n) is 14.5. The van der Waals surface area contributed by atoms with Crippen LogP contribution in [0.3, 0.4) is 0 Å². The summed E-state index contributed by atoms with van der Waals surface area (Å²) < 4.78 is 19.5. The van der Waals surface area contributed by atoms with Gasteiger partial charge < -0.3 is 24.8 Å². The van der Waals surface area contributed by atoms with E-state index in [1.165, 1.54) is 4.80 Å². The molecular formula is C30H34N12O3. The molecule has 0 spiro atoms. The zero-order valence-electron chi connectivity index (χ0n) is 26.0. The monoisotopic (exact) mass is 610 g/mol. The number of aromatic nitrogens is 9. The van der Waals surface area contributed by atoms with E-state index in [1.807, 2.05) is 49.6 Å². The topological polar surface area (TPSA) is 176 Å². The van der Waals surface area contributed by atoms with E-state index in [1.54, 1.807) is 27.5 Å². The Morgan fingerprint density at radius 3 is 2.62 bits per heavy atom. The van der Waals surface area contributed by atoms with Crippen LogP contribution >= 0.6 is 0 Å². The molecular weight excluding hydrogens is 576 g/mol. The minimum absolute atomic E-state index is 0.155. The van der Waals surface area contributed by atoms with Gasteiger partial charge in [-0.2, -0.15) is 10.1 Å². The number of rotatable bonds is 9. The van der Waals surface area contributed by atoms with E-state index in [4.69, 9.17) is 24.2 Å². The molecule has 1 aliphatic rings. The van der Waals surface area contributed by atoms with Crippen molar-refractivity contribution in [3.8, 4) is 23.2 Å². The highest BCUT2D eigenvalue weighted by atomic mass is 16.5. The Bertz CT molecular complexity index is 1900. The van der Waals surface area contributed by atoms with Crippen LogP contribution in [0.2, 0.25) is 0 Å². The van der Waals surface area contributed by atoms with E-state index in [0.717, 1.165) is 25.1 Å². The summed E-state index contributed by atoms with van der Waals surface area (Å²) in [6.07, 6.45) is 4.28. The van der Waals surface area contributed by atoms with Gasteiger partial charge in [-0.25, -0.2) is 15.0 Å². The standard InChI is InChI=1S/C30H34N12O3/c1-17-33-25-20(34-19-11-9-10-18(26(19)43-5)28-38-40-41(4)39-28)14-22(37-29(25)42(17)24-12-7-8-13-45-24)36-23-16-32-27(21(15-31)35-23)30(2,3)44-6/h9-11,14,16,24H,7-8,12-13H2,1-6H3,(H2,34,35,36,37). The largest absolute Gasteiger partial charge is 0.494 e. The quantitative estimate of drug-likeness (QED) is 0.236. The van der Waals surface area contributed by atoms with Gasteiger partial charge in [0, 0.05) is 19.8 Å². The summed E-state index contributed by atoms with van der Waals surface area (Å²) in [5.41, 5.74) is 3.09. The van der Waals surface area contributed by atoms with Gasteiger partial charge in [0.25, 0.3) is 0 Å². The molecule has 4 aromatic heterocycles. The van der Waals surface area contributed by atoms with Crippen LogP contribution in [-0.4, -0.2) is 65.5 Å². The first-order valence-corrected chi connectivity index (χ1v) is 14.5. The highest BCUT2D eigenvalue weighted by Gasteiger charge is 2.27. The molecule has 2 N–H and O–H groups in total. The van der Waals surface area contributed by atoms with E-state index >= 15 is 0 Å². The molecule has 1 fully saturated rings. The highest BCUT2D eigenvalue weighted by molar-refractivity contribution is 5.92. The third-order valence-corrected chi connectivity index (χ3v) is 7.72. The van der Waals surface area contributed by atoms with Gasteiger partial charge in [0.2, 0.25) is 5.82 Å². The van der Waals surface area contributed by atoms with Crippen molar-refractivity contribution in [3.63, 3.8) is 0 Å². The van der Waals surface area contributed by atoms with Crippen LogP contribution in [0, 0.1) is 18.3 Å². The van der Waals surface area contributed by atoms with Crippen LogP contribution < -0.4 is 15.4 Å². The molecule has 1 aromatic carbocycles. The van der Waals surface area contributed by atoms with Crippen molar-refractivity contribution in [1.82, 2.24) is 44.7 Å². The van der Waals surface area contributed by atoms with Crippen molar-refractivity contribution in [1.29, 1.82) is 5.26 Å². The third kappa shape index (κ3) is 5.73. The summed E-state index contributed by atoms with van der Waals surface area (Å²) in [6, 6.07) is 9.62. The molecule has 15 nitrogen and oxygen atoms in total. The van der Waals surface area contributed by atoms with Crippen molar-refractivity contribution in [2.45, 2.75) is 51.9 Å². The molecule has 1 aliphatic heterocycles. The number of imidazole rings is 1. The maximum atomic E-state index is 9.84. The number of benzene rings is 1. The van der Waals surface area contributed by atoms with Crippen LogP contribution in [0.25, 0.3) is 22.6 Å². The Balaban J connectivity index is 1.46. The SMILES string of the molecule is COc1c(Nc2cc(Nc3cnc(C(C)(C)OC)c(C#N)n3)nc3c2nc(C)n3C2CCCCO2)cccc1-c1nnn(C)n1. The van der Waals surface area contributed by atoms with E-state index in [-0.39, 0.29) is 11.9 Å². The lowest BCUT2D eigenvalue weighted by atomic mass is 10.0. The molecule has 6 rings (SSSR count). The van der Waals surface area contributed by atoms with Crippen molar-refractivity contribution in [2.75, 3.05) is 31.5 Å². The smallest absolute Gasteiger partial charge is 0.208 e. The second-order valence-corrected chi connectivity index (χ2v) is 11.1. The normalized spacial score (nSPS) is 15.2. The first-order chi connectivity index (χ1) is 21.7. The average Bonchev–Trinajstić information content (AvgIpc) is 3.63. The lowest BCUT2D eigenvalue weighted by molar-refractivity contribution is -0.0308. The fourth-order valence-electron chi connectivity index (χ4n) is 5.37. The molecule has 1 unspecified atom stereocenters. The van der Waals surface area contributed by atoms with Crippen molar-refractivity contribution < 1.29 is 14.2 Å². The molecule has 1 saturated heterocycles. The fraction of sp³-hybridized carbons (Fsp3) is 0.400. The summed E-state index contributed by atoms with van der Waals surface area (Å²) in [4.78, 5) is 20.3. The van der Waals surface area contributed by atoms with E-state index < -0.39 is 5.60 Å². The summed E-state index contributed by atoms with van der Waals surface area (Å²) in [7, 11) is 4.87. The maximum Gasteiger partial charge on any atom is 0.208 e. The van der Waals surface area contributed by atoms with Gasteiger partial charge in [0.05, 0.1) is 37.3 Å². The van der Waals surface area contributed by atoms with Gasteiger partial charge >= 0.3 is 0 Å². The van der Waals surface area contributed by atoms with Crippen LogP contribution in [0.5, 0.6) is 5.75 Å². The van der Waals surface area contributed by atoms with E-state index in [0.29, 0.717) is 63.6 Å². The van der Waals surface area contributed by atoms with E-state index in [2.05, 4.69) is 42.1 Å². The van der Waals surface area contributed by atoms with Crippen LogP contribution in [0.4, 0.5) is 23.0 Å². The summed E-state index contributed by atoms with van der Waals surface area (Å²) in [5.74, 6) is 2.56. The lowest BCUT2D eigenvalue weighted by Crippen LogP contribution is -2.23. The summed E-state index contributed by atoms with van der Waals surface area (Å²) in [5, 5.41) is 29.1. The molecule has 0 bridgehead atoms. The number of para-hydroxylation sites is 1. The van der Waals surface area contributed by atoms with Crippen LogP contribution in [0.15, 0.2) is 30.5 Å². The van der Waals surface area contributed by atoms with Gasteiger partial charge in [-0.3, -0.25) is 9.55 Å². The molecule has 45 heavy (non-hydrogen) atoms. The zero-order chi connectivity index (χ0) is 31.7. The van der Waals surface area contributed by atoms with Gasteiger partial charge in [0.1, 0.15) is 40.8 Å². The molecule has 232 valence electrons. The number of methoxy groups -OCH3 is 2. The first kappa shape index (κ1) is 29.9. The minimum Gasteiger partial charge on any atom is -0.494 e. The molecule has 1 atom stereocenters. The second-order valence-electron chi connectivity index (χ2n) is 11.1. The number of pyridine rings is 1. The number of hydrogen-bond donors (Lipinski definition) is 2. The zero-order valence-corrected chi connectivity index (χ0v) is 26.0. The Kier molecular flexibility index (Phi) is 8.00. The third-order valence-electron chi connectivity index (χ3n) is 7.72. The summed E-state index contributed by atoms with van der Waals surface area (Å²) >= 11 is 0. The van der Waals surface area contributed by atoms with Crippen LogP contribution in [-0.2, 0) is 22.1 Å². The number of tetrazole rings is 1. The Morgan fingerprint density at radius 2 is 1.93 bits per heavy atom. The number of fused-ring (bicyclic) bond motifs is 1. The van der Waals surface area contributed by atoms with Crippen molar-refractivity contribution >= 4 is 34.2 Å². The molecule has 0 amide bonds. The van der Waals surface area contributed by atoms with Gasteiger partial charge in [-0.05, 0) is 57.4 Å². The van der Waals surface area contributed by atoms with Crippen molar-refractivity contribution in [3.05, 3.63) is 47.7 Å². The Morgan fingerprint density at radius 1 is 1.09 bits per heavy atom. The lowest BCUT2D eigenvalue weighted by Gasteiger charge is -2.25. The Labute approximate surface area is 259 Å². The molecule has 15 heteroatoms. The number of nitrogens with one attached hydrogen (secondary N) is 2. The Hall–Kier alpha value is -5.20. The number of ether oxygens (including phenoxy) is 3. The molecule has 5 aromatic rings. The number of nitriles is 1.